The number of nitro benzene ring substituents is 1. The number of nitro groups is 1. The molecule has 130 valence electrons. The first-order valence-corrected chi connectivity index (χ1v) is 8.87. The normalized spacial score (nSPS) is 14.3. The number of nitrogens with one attached hydrogen (secondary N) is 2. The highest BCUT2D eigenvalue weighted by atomic mass is 32.1. The number of thiocarbonyl (C=S) groups is 1. The maximum absolute atomic E-state index is 10.7. The molecule has 6 heteroatoms. The van der Waals surface area contributed by atoms with Gasteiger partial charge in [0, 0.05) is 17.8 Å². The van der Waals surface area contributed by atoms with Crippen LogP contribution in [0.25, 0.3) is 0 Å². The molecule has 2 aromatic carbocycles. The van der Waals surface area contributed by atoms with Crippen LogP contribution in [0.5, 0.6) is 0 Å². The van der Waals surface area contributed by atoms with E-state index >= 15 is 0 Å². The highest BCUT2D eigenvalue weighted by molar-refractivity contribution is 7.80. The Hall–Kier alpha value is -2.47. The Bertz CT molecular complexity index is 790. The molecule has 0 aliphatic heterocycles. The van der Waals surface area contributed by atoms with Crippen LogP contribution in [0.1, 0.15) is 42.5 Å². The van der Waals surface area contributed by atoms with Crippen LogP contribution in [0.15, 0.2) is 42.5 Å². The fraction of sp³-hybridized carbons (Fsp3) is 0.316. The molecule has 0 aromatic heterocycles. The molecular formula is C19H21N3O2S. The third-order valence-corrected chi connectivity index (χ3v) is 4.78. The monoisotopic (exact) mass is 355 g/mol. The number of aryl methyl sites for hydroxylation is 2. The van der Waals surface area contributed by atoms with E-state index in [4.69, 9.17) is 12.2 Å². The SMILES string of the molecule is C[C@H](NC(=S)Nc1ccc([N+](=O)[O-])cc1)c1ccc2c(c1)CCCC2. The number of benzene rings is 2. The number of hydrogen-bond acceptors (Lipinski definition) is 3. The first kappa shape index (κ1) is 17.4. The quantitative estimate of drug-likeness (QED) is 0.479. The summed E-state index contributed by atoms with van der Waals surface area (Å²) in [5.41, 5.74) is 4.92. The lowest BCUT2D eigenvalue weighted by atomic mass is 9.89. The van der Waals surface area contributed by atoms with Crippen LogP contribution in [-0.4, -0.2) is 10.0 Å². The molecule has 0 unspecified atom stereocenters. The third kappa shape index (κ3) is 4.33. The van der Waals surface area contributed by atoms with E-state index in [0.717, 1.165) is 12.1 Å². The Labute approximate surface area is 152 Å². The smallest absolute Gasteiger partial charge is 0.269 e. The fourth-order valence-electron chi connectivity index (χ4n) is 3.14. The van der Waals surface area contributed by atoms with Gasteiger partial charge in [-0.25, -0.2) is 0 Å². The second-order valence-electron chi connectivity index (χ2n) is 6.36. The summed E-state index contributed by atoms with van der Waals surface area (Å²) in [5.74, 6) is 0. The van der Waals surface area contributed by atoms with Crippen LogP contribution >= 0.6 is 12.2 Å². The third-order valence-electron chi connectivity index (χ3n) is 4.56. The summed E-state index contributed by atoms with van der Waals surface area (Å²) < 4.78 is 0. The molecule has 5 nitrogen and oxygen atoms in total. The summed E-state index contributed by atoms with van der Waals surface area (Å²) in [5, 5.41) is 17.5. The van der Waals surface area contributed by atoms with Gasteiger partial charge in [-0.2, -0.15) is 0 Å². The molecule has 0 heterocycles. The van der Waals surface area contributed by atoms with E-state index in [-0.39, 0.29) is 11.7 Å². The summed E-state index contributed by atoms with van der Waals surface area (Å²) in [4.78, 5) is 10.3. The summed E-state index contributed by atoms with van der Waals surface area (Å²) in [7, 11) is 0. The van der Waals surface area contributed by atoms with Crippen LogP contribution in [0.2, 0.25) is 0 Å². The minimum atomic E-state index is -0.418. The predicted molar refractivity (Wildman–Crippen MR) is 104 cm³/mol. The van der Waals surface area contributed by atoms with Crippen molar-refractivity contribution in [3.05, 3.63) is 69.3 Å². The molecule has 1 aliphatic rings. The second kappa shape index (κ2) is 7.61. The molecule has 1 atom stereocenters. The van der Waals surface area contributed by atoms with Crippen molar-refractivity contribution in [3.63, 3.8) is 0 Å². The highest BCUT2D eigenvalue weighted by Gasteiger charge is 2.13. The van der Waals surface area contributed by atoms with E-state index in [9.17, 15) is 10.1 Å². The molecule has 0 fully saturated rings. The largest absolute Gasteiger partial charge is 0.356 e. The topological polar surface area (TPSA) is 67.2 Å². The molecule has 2 N–H and O–H groups in total. The van der Waals surface area contributed by atoms with Crippen molar-refractivity contribution >= 4 is 28.7 Å². The minimum absolute atomic E-state index is 0.0619. The van der Waals surface area contributed by atoms with Gasteiger partial charge in [0.2, 0.25) is 0 Å². The predicted octanol–water partition coefficient (Wildman–Crippen LogP) is 4.52. The lowest BCUT2D eigenvalue weighted by Crippen LogP contribution is -2.31. The molecule has 25 heavy (non-hydrogen) atoms. The number of hydrogen-bond donors (Lipinski definition) is 2. The van der Waals surface area contributed by atoms with Crippen LogP contribution in [0.3, 0.4) is 0 Å². The molecule has 3 rings (SSSR count). The molecule has 0 saturated carbocycles. The van der Waals surface area contributed by atoms with Crippen molar-refractivity contribution in [2.45, 2.75) is 38.6 Å². The molecule has 1 aliphatic carbocycles. The van der Waals surface area contributed by atoms with Crippen molar-refractivity contribution in [1.82, 2.24) is 5.32 Å². The summed E-state index contributed by atoms with van der Waals surface area (Å²) >= 11 is 5.36. The first-order valence-electron chi connectivity index (χ1n) is 8.46. The second-order valence-corrected chi connectivity index (χ2v) is 6.77. The van der Waals surface area contributed by atoms with Gasteiger partial charge in [-0.15, -0.1) is 0 Å². The van der Waals surface area contributed by atoms with Gasteiger partial charge in [-0.1, -0.05) is 18.2 Å². The minimum Gasteiger partial charge on any atom is -0.356 e. The van der Waals surface area contributed by atoms with E-state index in [1.165, 1.54) is 48.1 Å². The maximum Gasteiger partial charge on any atom is 0.269 e. The van der Waals surface area contributed by atoms with Crippen LogP contribution in [0.4, 0.5) is 11.4 Å². The van der Waals surface area contributed by atoms with Crippen LogP contribution < -0.4 is 10.6 Å². The number of anilines is 1. The van der Waals surface area contributed by atoms with E-state index < -0.39 is 4.92 Å². The summed E-state index contributed by atoms with van der Waals surface area (Å²) in [6.07, 6.45) is 4.88. The van der Waals surface area contributed by atoms with E-state index in [0.29, 0.717) is 5.11 Å². The van der Waals surface area contributed by atoms with Crippen LogP contribution in [0, 0.1) is 10.1 Å². The standard InChI is InChI=1S/C19H21N3O2S/c1-13(15-7-6-14-4-2-3-5-16(14)12-15)20-19(25)21-17-8-10-18(11-9-17)22(23)24/h6-13H,2-5H2,1H3,(H2,20,21,25)/t13-/m0/s1. The Morgan fingerprint density at radius 1 is 1.12 bits per heavy atom. The number of fused-ring (bicyclic) bond motifs is 1. The molecular weight excluding hydrogens is 334 g/mol. The van der Waals surface area contributed by atoms with E-state index in [1.54, 1.807) is 12.1 Å². The number of rotatable bonds is 4. The van der Waals surface area contributed by atoms with Gasteiger partial charge < -0.3 is 10.6 Å². The molecule has 0 radical (unpaired) electrons. The average Bonchev–Trinajstić information content (AvgIpc) is 2.61. The molecule has 2 aromatic rings. The van der Waals surface area contributed by atoms with E-state index in [2.05, 4.69) is 35.8 Å². The maximum atomic E-state index is 10.7. The zero-order chi connectivity index (χ0) is 17.8. The van der Waals surface area contributed by atoms with Gasteiger partial charge in [-0.05, 0) is 73.6 Å². The fourth-order valence-corrected chi connectivity index (χ4v) is 3.43. The van der Waals surface area contributed by atoms with Gasteiger partial charge in [0.25, 0.3) is 5.69 Å². The zero-order valence-electron chi connectivity index (χ0n) is 14.1. The van der Waals surface area contributed by atoms with E-state index in [1.807, 2.05) is 0 Å². The Balaban J connectivity index is 1.61. The Morgan fingerprint density at radius 2 is 1.80 bits per heavy atom. The highest BCUT2D eigenvalue weighted by Crippen LogP contribution is 2.25. The van der Waals surface area contributed by atoms with Crippen molar-refractivity contribution in [2.24, 2.45) is 0 Å². The van der Waals surface area contributed by atoms with Gasteiger partial charge in [0.05, 0.1) is 11.0 Å². The molecule has 0 bridgehead atoms. The summed E-state index contributed by atoms with van der Waals surface area (Å²) in [6.45, 7) is 2.08. The Morgan fingerprint density at radius 3 is 2.48 bits per heavy atom. The van der Waals surface area contributed by atoms with Crippen LogP contribution in [-0.2, 0) is 12.8 Å². The first-order chi connectivity index (χ1) is 12.0. The number of non-ortho nitro benzene ring substituents is 1. The lowest BCUT2D eigenvalue weighted by molar-refractivity contribution is -0.384. The van der Waals surface area contributed by atoms with Gasteiger partial charge in [0.15, 0.2) is 5.11 Å². The molecule has 0 spiro atoms. The van der Waals surface area contributed by atoms with Gasteiger partial charge >= 0.3 is 0 Å². The van der Waals surface area contributed by atoms with Crippen molar-refractivity contribution in [3.8, 4) is 0 Å². The van der Waals surface area contributed by atoms with Crippen molar-refractivity contribution < 1.29 is 4.92 Å². The average molecular weight is 355 g/mol. The lowest BCUT2D eigenvalue weighted by Gasteiger charge is -2.21. The molecule has 0 saturated heterocycles. The number of nitrogens with zero attached hydrogens (tertiary/aromatic N) is 1. The summed E-state index contributed by atoms with van der Waals surface area (Å²) in [6, 6.07) is 13.0. The Kier molecular flexibility index (Phi) is 5.28. The van der Waals surface area contributed by atoms with Crippen molar-refractivity contribution in [1.29, 1.82) is 0 Å². The van der Waals surface area contributed by atoms with Gasteiger partial charge in [-0.3, -0.25) is 10.1 Å². The zero-order valence-corrected chi connectivity index (χ0v) is 14.9. The van der Waals surface area contributed by atoms with Gasteiger partial charge in [0.1, 0.15) is 0 Å². The molecule has 0 amide bonds. The van der Waals surface area contributed by atoms with Crippen molar-refractivity contribution in [2.75, 3.05) is 5.32 Å².